The van der Waals surface area contributed by atoms with Crippen molar-refractivity contribution in [1.82, 2.24) is 0 Å². The first kappa shape index (κ1) is 12.8. The molecule has 0 amide bonds. The highest BCUT2D eigenvalue weighted by molar-refractivity contribution is 6.50. The Hall–Kier alpha value is -0.313. The van der Waals surface area contributed by atoms with Gasteiger partial charge in [-0.15, -0.1) is 0 Å². The van der Waals surface area contributed by atoms with Crippen LogP contribution in [0.5, 0.6) is 0 Å². The van der Waals surface area contributed by atoms with Gasteiger partial charge in [-0.2, -0.15) is 0 Å². The minimum Gasteiger partial charge on any atom is -0.435 e. The number of benzene rings is 1. The van der Waals surface area contributed by atoms with Gasteiger partial charge in [0, 0.05) is 5.02 Å². The molecule has 0 aliphatic heterocycles. The standard InChI is InChI=1S/C12H19ClOSi/c1-2-9-15(14)10-3-4-11-5-7-12(13)8-6-11/h5-8,14-15H,2-4,9-10H2,1H3. The van der Waals surface area contributed by atoms with Crippen molar-refractivity contribution in [2.45, 2.75) is 38.3 Å². The number of hydrogen-bond acceptors (Lipinski definition) is 1. The van der Waals surface area contributed by atoms with Crippen molar-refractivity contribution >= 4 is 20.6 Å². The minimum atomic E-state index is -1.38. The van der Waals surface area contributed by atoms with Gasteiger partial charge in [0.15, 0.2) is 9.04 Å². The highest BCUT2D eigenvalue weighted by atomic mass is 35.5. The summed E-state index contributed by atoms with van der Waals surface area (Å²) >= 11 is 5.80. The van der Waals surface area contributed by atoms with E-state index in [1.165, 1.54) is 5.56 Å². The fourth-order valence-corrected chi connectivity index (χ4v) is 3.43. The summed E-state index contributed by atoms with van der Waals surface area (Å²) in [5, 5.41) is 0.791. The number of aryl methyl sites for hydroxylation is 1. The highest BCUT2D eigenvalue weighted by Gasteiger charge is 2.04. The molecule has 84 valence electrons. The van der Waals surface area contributed by atoms with Crippen LogP contribution in [0.4, 0.5) is 0 Å². The molecule has 1 rings (SSSR count). The zero-order valence-corrected chi connectivity index (χ0v) is 11.2. The predicted octanol–water partition coefficient (Wildman–Crippen LogP) is 3.40. The third-order valence-electron chi connectivity index (χ3n) is 2.54. The number of rotatable bonds is 6. The molecule has 0 saturated carbocycles. The van der Waals surface area contributed by atoms with Gasteiger partial charge in [0.25, 0.3) is 0 Å². The van der Waals surface area contributed by atoms with Gasteiger partial charge >= 0.3 is 0 Å². The second-order valence-corrected chi connectivity index (χ2v) is 6.86. The van der Waals surface area contributed by atoms with Gasteiger partial charge in [0.05, 0.1) is 0 Å². The predicted molar refractivity (Wildman–Crippen MR) is 69.0 cm³/mol. The largest absolute Gasteiger partial charge is 0.435 e. The molecule has 0 aliphatic carbocycles. The van der Waals surface area contributed by atoms with Crippen LogP contribution >= 0.6 is 11.6 Å². The molecule has 0 radical (unpaired) electrons. The Labute approximate surface area is 98.8 Å². The van der Waals surface area contributed by atoms with Crippen LogP contribution in [0.3, 0.4) is 0 Å². The first-order chi connectivity index (χ1) is 7.22. The smallest absolute Gasteiger partial charge is 0.172 e. The van der Waals surface area contributed by atoms with Gasteiger partial charge in [-0.05, 0) is 42.6 Å². The molecule has 1 atom stereocenters. The van der Waals surface area contributed by atoms with Gasteiger partial charge in [0.2, 0.25) is 0 Å². The van der Waals surface area contributed by atoms with Crippen LogP contribution in [0.25, 0.3) is 0 Å². The van der Waals surface area contributed by atoms with Crippen LogP contribution in [-0.2, 0) is 6.42 Å². The van der Waals surface area contributed by atoms with E-state index >= 15 is 0 Å². The van der Waals surface area contributed by atoms with E-state index in [0.29, 0.717) is 0 Å². The van der Waals surface area contributed by atoms with Gasteiger partial charge < -0.3 is 4.80 Å². The molecule has 1 aromatic carbocycles. The quantitative estimate of drug-likeness (QED) is 0.759. The molecule has 1 nitrogen and oxygen atoms in total. The van der Waals surface area contributed by atoms with Crippen LogP contribution in [0.2, 0.25) is 17.1 Å². The van der Waals surface area contributed by atoms with Crippen molar-refractivity contribution in [3.05, 3.63) is 34.9 Å². The SMILES string of the molecule is CCC[SiH](O)CCCc1ccc(Cl)cc1. The van der Waals surface area contributed by atoms with Crippen molar-refractivity contribution in [3.8, 4) is 0 Å². The summed E-state index contributed by atoms with van der Waals surface area (Å²) in [7, 11) is -1.38. The zero-order valence-electron chi connectivity index (χ0n) is 9.25. The molecule has 15 heavy (non-hydrogen) atoms. The highest BCUT2D eigenvalue weighted by Crippen LogP contribution is 2.13. The molecule has 3 heteroatoms. The molecule has 1 aromatic rings. The van der Waals surface area contributed by atoms with E-state index in [4.69, 9.17) is 11.6 Å². The third kappa shape index (κ3) is 5.35. The average Bonchev–Trinajstić information content (AvgIpc) is 2.21. The Morgan fingerprint density at radius 2 is 1.87 bits per heavy atom. The molecule has 0 aromatic heterocycles. The maximum Gasteiger partial charge on any atom is 0.172 e. The zero-order chi connectivity index (χ0) is 11.1. The van der Waals surface area contributed by atoms with Crippen molar-refractivity contribution in [3.63, 3.8) is 0 Å². The molecule has 0 spiro atoms. The van der Waals surface area contributed by atoms with Gasteiger partial charge in [-0.3, -0.25) is 0 Å². The van der Waals surface area contributed by atoms with Crippen molar-refractivity contribution in [2.24, 2.45) is 0 Å². The van der Waals surface area contributed by atoms with Crippen LogP contribution < -0.4 is 0 Å². The summed E-state index contributed by atoms with van der Waals surface area (Å²) in [6, 6.07) is 10.1. The summed E-state index contributed by atoms with van der Waals surface area (Å²) in [6.45, 7) is 2.13. The van der Waals surface area contributed by atoms with Crippen molar-refractivity contribution in [2.75, 3.05) is 0 Å². The molecule has 0 saturated heterocycles. The Bertz CT molecular complexity index is 273. The molecule has 0 fully saturated rings. The van der Waals surface area contributed by atoms with Gasteiger partial charge in [0.1, 0.15) is 0 Å². The molecule has 0 bridgehead atoms. The maximum absolute atomic E-state index is 9.69. The van der Waals surface area contributed by atoms with E-state index in [1.807, 2.05) is 12.1 Å². The average molecular weight is 243 g/mol. The molecular formula is C12H19ClOSi. The second-order valence-electron chi connectivity index (χ2n) is 3.96. The first-order valence-corrected chi connectivity index (χ1v) is 8.17. The molecular weight excluding hydrogens is 224 g/mol. The summed E-state index contributed by atoms with van der Waals surface area (Å²) in [4.78, 5) is 9.69. The monoisotopic (exact) mass is 242 g/mol. The Kier molecular flexibility index (Phi) is 5.99. The summed E-state index contributed by atoms with van der Waals surface area (Å²) in [5.41, 5.74) is 1.32. The van der Waals surface area contributed by atoms with E-state index < -0.39 is 9.04 Å². The lowest BCUT2D eigenvalue weighted by Gasteiger charge is -2.06. The first-order valence-electron chi connectivity index (χ1n) is 5.65. The fraction of sp³-hybridized carbons (Fsp3) is 0.500. The minimum absolute atomic E-state index is 0.791. The van der Waals surface area contributed by atoms with Crippen LogP contribution in [0.15, 0.2) is 24.3 Å². The molecule has 0 heterocycles. The third-order valence-corrected chi connectivity index (χ3v) is 5.11. The van der Waals surface area contributed by atoms with Crippen LogP contribution in [0, 0.1) is 0 Å². The molecule has 1 N–H and O–H groups in total. The van der Waals surface area contributed by atoms with Crippen LogP contribution in [0.1, 0.15) is 25.3 Å². The summed E-state index contributed by atoms with van der Waals surface area (Å²) < 4.78 is 0. The van der Waals surface area contributed by atoms with Crippen LogP contribution in [-0.4, -0.2) is 13.8 Å². The van der Waals surface area contributed by atoms with Crippen molar-refractivity contribution < 1.29 is 4.80 Å². The van der Waals surface area contributed by atoms with Gasteiger partial charge in [-0.25, -0.2) is 0 Å². The van der Waals surface area contributed by atoms with Crippen molar-refractivity contribution in [1.29, 1.82) is 0 Å². The number of hydrogen-bond donors (Lipinski definition) is 1. The van der Waals surface area contributed by atoms with E-state index in [0.717, 1.165) is 36.4 Å². The second kappa shape index (κ2) is 7.04. The molecule has 1 unspecified atom stereocenters. The van der Waals surface area contributed by atoms with E-state index in [1.54, 1.807) is 0 Å². The van der Waals surface area contributed by atoms with E-state index in [9.17, 15) is 4.80 Å². The Morgan fingerprint density at radius 1 is 1.20 bits per heavy atom. The lowest BCUT2D eigenvalue weighted by atomic mass is 10.1. The Balaban J connectivity index is 2.22. The molecule has 0 aliphatic rings. The van der Waals surface area contributed by atoms with E-state index in [2.05, 4.69) is 19.1 Å². The topological polar surface area (TPSA) is 20.2 Å². The Morgan fingerprint density at radius 3 is 2.47 bits per heavy atom. The fourth-order valence-electron chi connectivity index (χ4n) is 1.67. The normalized spacial score (nSPS) is 12.7. The lowest BCUT2D eigenvalue weighted by molar-refractivity contribution is 0.559. The number of halogens is 1. The maximum atomic E-state index is 9.69. The summed E-state index contributed by atoms with van der Waals surface area (Å²) in [5.74, 6) is 0. The van der Waals surface area contributed by atoms with Gasteiger partial charge in [-0.1, -0.05) is 37.1 Å². The van der Waals surface area contributed by atoms with E-state index in [-0.39, 0.29) is 0 Å². The summed E-state index contributed by atoms with van der Waals surface area (Å²) in [6.07, 6.45) is 3.29. The lowest BCUT2D eigenvalue weighted by Crippen LogP contribution is -2.10.